The summed E-state index contributed by atoms with van der Waals surface area (Å²) in [7, 11) is 0. The van der Waals surface area contributed by atoms with Crippen LogP contribution >= 0.6 is 0 Å². The van der Waals surface area contributed by atoms with Crippen molar-refractivity contribution in [3.63, 3.8) is 0 Å². The Morgan fingerprint density at radius 2 is 1.67 bits per heavy atom. The van der Waals surface area contributed by atoms with Crippen LogP contribution < -0.4 is 10.1 Å². The third-order valence-corrected chi connectivity index (χ3v) is 5.22. The van der Waals surface area contributed by atoms with Crippen LogP contribution in [0.25, 0.3) is 0 Å². The minimum atomic E-state index is 0.00576. The van der Waals surface area contributed by atoms with E-state index in [9.17, 15) is 0 Å². The predicted molar refractivity (Wildman–Crippen MR) is 101 cm³/mol. The third-order valence-electron chi connectivity index (χ3n) is 5.22. The fourth-order valence-corrected chi connectivity index (χ4v) is 3.48. The minimum absolute atomic E-state index is 0.00576. The number of ether oxygens (including phenoxy) is 1. The molecule has 0 saturated carbocycles. The Morgan fingerprint density at radius 3 is 2.33 bits per heavy atom. The van der Waals surface area contributed by atoms with Crippen molar-refractivity contribution in [2.24, 2.45) is 0 Å². The Balaban J connectivity index is 1.57. The maximum atomic E-state index is 5.94. The molecule has 0 amide bonds. The summed E-state index contributed by atoms with van der Waals surface area (Å²) in [6.45, 7) is 6.49. The molecule has 1 N–H and O–H groups in total. The lowest BCUT2D eigenvalue weighted by Crippen LogP contribution is -2.35. The van der Waals surface area contributed by atoms with Gasteiger partial charge in [0.1, 0.15) is 5.75 Å². The van der Waals surface area contributed by atoms with Crippen molar-refractivity contribution in [1.82, 2.24) is 5.32 Å². The highest BCUT2D eigenvalue weighted by molar-refractivity contribution is 5.39. The smallest absolute Gasteiger partial charge is 0.119 e. The molecule has 0 spiro atoms. The van der Waals surface area contributed by atoms with Crippen LogP contribution in [0.15, 0.2) is 54.6 Å². The quantitative estimate of drug-likeness (QED) is 0.814. The maximum Gasteiger partial charge on any atom is 0.119 e. The monoisotopic (exact) mass is 323 g/mol. The lowest BCUT2D eigenvalue weighted by atomic mass is 9.78. The molecular formula is C22H29NO. The SMILES string of the molecule is CC(C)(c1ccccc1)c1ccc(OCC[C@@H]2CCCCN2)cc1. The molecule has 0 aromatic heterocycles. The molecule has 0 bridgehead atoms. The number of piperidine rings is 1. The molecule has 1 aliphatic rings. The average molecular weight is 323 g/mol. The van der Waals surface area contributed by atoms with Crippen molar-refractivity contribution in [3.8, 4) is 5.75 Å². The van der Waals surface area contributed by atoms with E-state index >= 15 is 0 Å². The predicted octanol–water partition coefficient (Wildman–Crippen LogP) is 4.92. The van der Waals surface area contributed by atoms with Gasteiger partial charge in [0.05, 0.1) is 6.61 Å². The Kier molecular flexibility index (Phi) is 5.57. The summed E-state index contributed by atoms with van der Waals surface area (Å²) < 4.78 is 5.94. The van der Waals surface area contributed by atoms with Gasteiger partial charge in [-0.05, 0) is 49.1 Å². The summed E-state index contributed by atoms with van der Waals surface area (Å²) in [6.07, 6.45) is 5.04. The van der Waals surface area contributed by atoms with Crippen molar-refractivity contribution in [2.75, 3.05) is 13.2 Å². The van der Waals surface area contributed by atoms with E-state index in [2.05, 4.69) is 73.8 Å². The normalized spacial score (nSPS) is 18.3. The molecule has 0 radical (unpaired) electrons. The van der Waals surface area contributed by atoms with Gasteiger partial charge in [0, 0.05) is 11.5 Å². The Labute approximate surface area is 146 Å². The summed E-state index contributed by atoms with van der Waals surface area (Å²) in [5, 5.41) is 3.57. The number of rotatable bonds is 6. The molecular weight excluding hydrogens is 294 g/mol. The van der Waals surface area contributed by atoms with Crippen molar-refractivity contribution in [3.05, 3.63) is 65.7 Å². The first-order valence-electron chi connectivity index (χ1n) is 9.18. The second-order valence-electron chi connectivity index (χ2n) is 7.30. The number of nitrogens with one attached hydrogen (secondary N) is 1. The van der Waals surface area contributed by atoms with Crippen LogP contribution in [0.4, 0.5) is 0 Å². The highest BCUT2D eigenvalue weighted by Gasteiger charge is 2.22. The Hall–Kier alpha value is -1.80. The van der Waals surface area contributed by atoms with Crippen LogP contribution in [0, 0.1) is 0 Å². The van der Waals surface area contributed by atoms with Gasteiger partial charge in [-0.1, -0.05) is 62.7 Å². The van der Waals surface area contributed by atoms with Gasteiger partial charge in [0.25, 0.3) is 0 Å². The zero-order chi connectivity index (χ0) is 16.8. The highest BCUT2D eigenvalue weighted by Crippen LogP contribution is 2.32. The van der Waals surface area contributed by atoms with Crippen LogP contribution in [0.1, 0.15) is 50.7 Å². The van der Waals surface area contributed by atoms with Gasteiger partial charge in [-0.25, -0.2) is 0 Å². The number of hydrogen-bond donors (Lipinski definition) is 1. The van der Waals surface area contributed by atoms with Crippen LogP contribution in [0.3, 0.4) is 0 Å². The summed E-state index contributed by atoms with van der Waals surface area (Å²) in [5.41, 5.74) is 2.66. The molecule has 2 aromatic carbocycles. The van der Waals surface area contributed by atoms with E-state index in [1.165, 1.54) is 30.4 Å². The van der Waals surface area contributed by atoms with E-state index in [1.54, 1.807) is 0 Å². The molecule has 128 valence electrons. The van der Waals surface area contributed by atoms with E-state index in [1.807, 2.05) is 0 Å². The molecule has 3 rings (SSSR count). The second-order valence-corrected chi connectivity index (χ2v) is 7.30. The van der Waals surface area contributed by atoms with Gasteiger partial charge >= 0.3 is 0 Å². The zero-order valence-corrected chi connectivity index (χ0v) is 14.9. The topological polar surface area (TPSA) is 21.3 Å². The molecule has 2 heteroatoms. The van der Waals surface area contributed by atoms with Crippen molar-refractivity contribution in [2.45, 2.75) is 51.0 Å². The van der Waals surface area contributed by atoms with Crippen LogP contribution in [0.5, 0.6) is 5.75 Å². The Bertz CT molecular complexity index is 612. The Morgan fingerprint density at radius 1 is 0.958 bits per heavy atom. The summed E-state index contributed by atoms with van der Waals surface area (Å²) in [6, 6.07) is 19.9. The fourth-order valence-electron chi connectivity index (χ4n) is 3.48. The number of hydrogen-bond acceptors (Lipinski definition) is 2. The summed E-state index contributed by atoms with van der Waals surface area (Å²) in [4.78, 5) is 0. The first-order chi connectivity index (χ1) is 11.7. The molecule has 0 aliphatic carbocycles. The van der Waals surface area contributed by atoms with Crippen molar-refractivity contribution < 1.29 is 4.74 Å². The van der Waals surface area contributed by atoms with Gasteiger partial charge in [-0.3, -0.25) is 0 Å². The molecule has 2 aromatic rings. The van der Waals surface area contributed by atoms with Crippen LogP contribution in [-0.2, 0) is 5.41 Å². The summed E-state index contributed by atoms with van der Waals surface area (Å²) >= 11 is 0. The molecule has 1 saturated heterocycles. The van der Waals surface area contributed by atoms with Crippen LogP contribution in [-0.4, -0.2) is 19.2 Å². The first-order valence-corrected chi connectivity index (χ1v) is 9.18. The van der Waals surface area contributed by atoms with Crippen molar-refractivity contribution >= 4 is 0 Å². The molecule has 1 fully saturated rings. The van der Waals surface area contributed by atoms with Crippen LogP contribution in [0.2, 0.25) is 0 Å². The number of benzene rings is 2. The highest BCUT2D eigenvalue weighted by atomic mass is 16.5. The van der Waals surface area contributed by atoms with Gasteiger partial charge < -0.3 is 10.1 Å². The molecule has 2 nitrogen and oxygen atoms in total. The van der Waals surface area contributed by atoms with E-state index in [-0.39, 0.29) is 5.41 Å². The van der Waals surface area contributed by atoms with Crippen molar-refractivity contribution in [1.29, 1.82) is 0 Å². The van der Waals surface area contributed by atoms with Gasteiger partial charge in [-0.15, -0.1) is 0 Å². The van der Waals surface area contributed by atoms with E-state index < -0.39 is 0 Å². The average Bonchev–Trinajstić information content (AvgIpc) is 2.64. The van der Waals surface area contributed by atoms with E-state index in [4.69, 9.17) is 4.74 Å². The molecule has 1 aliphatic heterocycles. The standard InChI is InChI=1S/C22H29NO/c1-22(2,18-8-4-3-5-9-18)19-11-13-21(14-12-19)24-17-15-20-10-6-7-16-23-20/h3-5,8-9,11-14,20,23H,6-7,10,15-17H2,1-2H3/t20-/m0/s1. The summed E-state index contributed by atoms with van der Waals surface area (Å²) in [5.74, 6) is 0.971. The molecule has 0 unspecified atom stereocenters. The van der Waals surface area contributed by atoms with Gasteiger partial charge in [0.15, 0.2) is 0 Å². The van der Waals surface area contributed by atoms with Gasteiger partial charge in [0.2, 0.25) is 0 Å². The molecule has 1 heterocycles. The lowest BCUT2D eigenvalue weighted by molar-refractivity contribution is 0.268. The van der Waals surface area contributed by atoms with E-state index in [0.717, 1.165) is 25.3 Å². The lowest BCUT2D eigenvalue weighted by Gasteiger charge is -2.26. The maximum absolute atomic E-state index is 5.94. The molecule has 24 heavy (non-hydrogen) atoms. The second kappa shape index (κ2) is 7.85. The third kappa shape index (κ3) is 4.18. The first kappa shape index (κ1) is 17.0. The zero-order valence-electron chi connectivity index (χ0n) is 14.9. The molecule has 1 atom stereocenters. The largest absolute Gasteiger partial charge is 0.494 e. The van der Waals surface area contributed by atoms with Gasteiger partial charge in [-0.2, -0.15) is 0 Å². The minimum Gasteiger partial charge on any atom is -0.494 e. The fraction of sp³-hybridized carbons (Fsp3) is 0.455. The van der Waals surface area contributed by atoms with E-state index in [0.29, 0.717) is 6.04 Å².